The van der Waals surface area contributed by atoms with Crippen LogP contribution in [0.15, 0.2) is 36.4 Å². The van der Waals surface area contributed by atoms with E-state index in [1.54, 1.807) is 0 Å². The van der Waals surface area contributed by atoms with Crippen molar-refractivity contribution >= 4 is 17.7 Å². The lowest BCUT2D eigenvalue weighted by Crippen LogP contribution is -2.25. The van der Waals surface area contributed by atoms with E-state index in [4.69, 9.17) is 0 Å². The number of alkyl halides is 3. The Labute approximate surface area is 144 Å². The number of halogens is 4. The SMILES string of the molecule is O=C(NCc1ccc(F)cc1C(F)(F)F)c1ccc2c(c1)C(=O)NC2=O. The third-order valence-electron chi connectivity index (χ3n) is 3.81. The summed E-state index contributed by atoms with van der Waals surface area (Å²) in [6.45, 7) is -0.490. The molecule has 0 unspecified atom stereocenters. The first-order chi connectivity index (χ1) is 12.2. The third kappa shape index (κ3) is 3.28. The van der Waals surface area contributed by atoms with Crippen LogP contribution in [0, 0.1) is 5.82 Å². The smallest absolute Gasteiger partial charge is 0.348 e. The number of amides is 3. The van der Waals surface area contributed by atoms with E-state index in [-0.39, 0.29) is 22.3 Å². The molecule has 0 atom stereocenters. The normalized spacial score (nSPS) is 13.4. The van der Waals surface area contributed by atoms with Crippen LogP contribution in [-0.4, -0.2) is 17.7 Å². The van der Waals surface area contributed by atoms with Gasteiger partial charge in [0, 0.05) is 12.1 Å². The molecule has 0 bridgehead atoms. The van der Waals surface area contributed by atoms with Crippen LogP contribution in [0.4, 0.5) is 17.6 Å². The molecule has 3 amide bonds. The maximum Gasteiger partial charge on any atom is 0.416 e. The Balaban J connectivity index is 1.80. The molecule has 9 heteroatoms. The quantitative estimate of drug-likeness (QED) is 0.648. The van der Waals surface area contributed by atoms with Gasteiger partial charge in [0.25, 0.3) is 17.7 Å². The number of nitrogens with one attached hydrogen (secondary N) is 2. The minimum absolute atomic E-state index is 0.00395. The predicted octanol–water partition coefficient (Wildman–Crippen LogP) is 2.66. The Kier molecular flexibility index (Phi) is 4.23. The summed E-state index contributed by atoms with van der Waals surface area (Å²) < 4.78 is 51.9. The van der Waals surface area contributed by atoms with Crippen LogP contribution in [0.2, 0.25) is 0 Å². The van der Waals surface area contributed by atoms with Crippen molar-refractivity contribution < 1.29 is 31.9 Å². The van der Waals surface area contributed by atoms with Crippen LogP contribution < -0.4 is 10.6 Å². The molecular weight excluding hydrogens is 356 g/mol. The first-order valence-corrected chi connectivity index (χ1v) is 7.30. The molecule has 26 heavy (non-hydrogen) atoms. The second-order valence-electron chi connectivity index (χ2n) is 5.53. The Morgan fingerprint density at radius 3 is 2.38 bits per heavy atom. The highest BCUT2D eigenvalue weighted by molar-refractivity contribution is 6.22. The second kappa shape index (κ2) is 6.25. The number of hydrogen-bond donors (Lipinski definition) is 2. The van der Waals surface area contributed by atoms with E-state index in [2.05, 4.69) is 10.6 Å². The van der Waals surface area contributed by atoms with Gasteiger partial charge in [-0.05, 0) is 35.9 Å². The zero-order valence-electron chi connectivity index (χ0n) is 12.9. The number of fused-ring (bicyclic) bond motifs is 1. The van der Waals surface area contributed by atoms with Crippen LogP contribution in [0.25, 0.3) is 0 Å². The molecule has 2 aromatic carbocycles. The van der Waals surface area contributed by atoms with E-state index in [1.165, 1.54) is 18.2 Å². The molecule has 0 radical (unpaired) electrons. The van der Waals surface area contributed by atoms with Gasteiger partial charge in [0.1, 0.15) is 5.82 Å². The van der Waals surface area contributed by atoms with Gasteiger partial charge in [0.2, 0.25) is 0 Å². The second-order valence-corrected chi connectivity index (χ2v) is 5.53. The van der Waals surface area contributed by atoms with E-state index >= 15 is 0 Å². The average Bonchev–Trinajstić information content (AvgIpc) is 2.86. The van der Waals surface area contributed by atoms with E-state index in [0.29, 0.717) is 6.07 Å². The molecule has 1 aliphatic rings. The Morgan fingerprint density at radius 2 is 1.69 bits per heavy atom. The molecule has 0 spiro atoms. The zero-order valence-corrected chi connectivity index (χ0v) is 12.9. The van der Waals surface area contributed by atoms with Crippen molar-refractivity contribution in [1.82, 2.24) is 10.6 Å². The van der Waals surface area contributed by atoms with Crippen LogP contribution in [-0.2, 0) is 12.7 Å². The first kappa shape index (κ1) is 17.6. The van der Waals surface area contributed by atoms with Crippen molar-refractivity contribution in [2.24, 2.45) is 0 Å². The topological polar surface area (TPSA) is 75.3 Å². The van der Waals surface area contributed by atoms with Crippen molar-refractivity contribution in [3.63, 3.8) is 0 Å². The lowest BCUT2D eigenvalue weighted by atomic mass is 10.0. The average molecular weight is 366 g/mol. The third-order valence-corrected chi connectivity index (χ3v) is 3.81. The number of rotatable bonds is 3. The molecule has 0 saturated heterocycles. The largest absolute Gasteiger partial charge is 0.416 e. The Hall–Kier alpha value is -3.23. The monoisotopic (exact) mass is 366 g/mol. The molecular formula is C17H10F4N2O3. The van der Waals surface area contributed by atoms with Crippen molar-refractivity contribution in [2.75, 3.05) is 0 Å². The number of carbonyl (C=O) groups excluding carboxylic acids is 3. The number of hydrogen-bond acceptors (Lipinski definition) is 3. The molecule has 0 aliphatic carbocycles. The van der Waals surface area contributed by atoms with Crippen LogP contribution >= 0.6 is 0 Å². The van der Waals surface area contributed by atoms with Crippen molar-refractivity contribution in [3.05, 3.63) is 70.0 Å². The molecule has 0 fully saturated rings. The summed E-state index contributed by atoms with van der Waals surface area (Å²) >= 11 is 0. The molecule has 2 aromatic rings. The van der Waals surface area contributed by atoms with Crippen molar-refractivity contribution in [1.29, 1.82) is 0 Å². The molecule has 134 valence electrons. The highest BCUT2D eigenvalue weighted by Crippen LogP contribution is 2.32. The van der Waals surface area contributed by atoms with Crippen LogP contribution in [0.3, 0.4) is 0 Å². The molecule has 3 rings (SSSR count). The summed E-state index contributed by atoms with van der Waals surface area (Å²) in [5.74, 6) is -3.02. The standard InChI is InChI=1S/C17H10F4N2O3/c18-10-3-1-9(13(6-10)17(19,20)21)7-22-14(24)8-2-4-11-12(5-8)16(26)23-15(11)25/h1-6H,7H2,(H,22,24)(H,23,25,26). The fourth-order valence-corrected chi connectivity index (χ4v) is 2.55. The summed E-state index contributed by atoms with van der Waals surface area (Å²) in [6, 6.07) is 5.90. The van der Waals surface area contributed by atoms with E-state index < -0.39 is 41.8 Å². The van der Waals surface area contributed by atoms with Gasteiger partial charge < -0.3 is 5.32 Å². The van der Waals surface area contributed by atoms with E-state index in [0.717, 1.165) is 12.1 Å². The lowest BCUT2D eigenvalue weighted by Gasteiger charge is -2.13. The minimum atomic E-state index is -4.77. The maximum atomic E-state index is 13.1. The molecule has 0 saturated carbocycles. The zero-order chi connectivity index (χ0) is 19.1. The first-order valence-electron chi connectivity index (χ1n) is 7.30. The fraction of sp³-hybridized carbons (Fsp3) is 0.118. The van der Waals surface area contributed by atoms with Gasteiger partial charge >= 0.3 is 6.18 Å². The minimum Gasteiger partial charge on any atom is -0.348 e. The predicted molar refractivity (Wildman–Crippen MR) is 80.8 cm³/mol. The highest BCUT2D eigenvalue weighted by atomic mass is 19.4. The van der Waals surface area contributed by atoms with Gasteiger partial charge in [0.15, 0.2) is 0 Å². The number of carbonyl (C=O) groups is 3. The molecule has 2 N–H and O–H groups in total. The Bertz CT molecular complexity index is 938. The molecule has 1 heterocycles. The van der Waals surface area contributed by atoms with Crippen LogP contribution in [0.1, 0.15) is 42.2 Å². The van der Waals surface area contributed by atoms with Gasteiger partial charge in [-0.3, -0.25) is 19.7 Å². The summed E-state index contributed by atoms with van der Waals surface area (Å²) in [4.78, 5) is 35.2. The summed E-state index contributed by atoms with van der Waals surface area (Å²) in [5, 5.41) is 4.35. The summed E-state index contributed by atoms with van der Waals surface area (Å²) in [5.41, 5.74) is -1.35. The van der Waals surface area contributed by atoms with Crippen LogP contribution in [0.5, 0.6) is 0 Å². The van der Waals surface area contributed by atoms with E-state index in [9.17, 15) is 31.9 Å². The summed E-state index contributed by atoms with van der Waals surface area (Å²) in [6.07, 6.45) is -4.77. The number of imide groups is 1. The summed E-state index contributed by atoms with van der Waals surface area (Å²) in [7, 11) is 0. The van der Waals surface area contributed by atoms with Gasteiger partial charge in [-0.2, -0.15) is 13.2 Å². The molecule has 0 aromatic heterocycles. The van der Waals surface area contributed by atoms with Gasteiger partial charge in [0.05, 0.1) is 16.7 Å². The lowest BCUT2D eigenvalue weighted by molar-refractivity contribution is -0.138. The Morgan fingerprint density at radius 1 is 1.00 bits per heavy atom. The van der Waals surface area contributed by atoms with E-state index in [1.807, 2.05) is 0 Å². The van der Waals surface area contributed by atoms with Gasteiger partial charge in [-0.1, -0.05) is 6.07 Å². The number of benzene rings is 2. The van der Waals surface area contributed by atoms with Crippen molar-refractivity contribution in [3.8, 4) is 0 Å². The molecule has 1 aliphatic heterocycles. The fourth-order valence-electron chi connectivity index (χ4n) is 2.55. The van der Waals surface area contributed by atoms with Crippen molar-refractivity contribution in [2.45, 2.75) is 12.7 Å². The molecule has 5 nitrogen and oxygen atoms in total. The maximum absolute atomic E-state index is 13.1. The highest BCUT2D eigenvalue weighted by Gasteiger charge is 2.34. The van der Waals surface area contributed by atoms with Gasteiger partial charge in [-0.15, -0.1) is 0 Å². The van der Waals surface area contributed by atoms with Gasteiger partial charge in [-0.25, -0.2) is 4.39 Å².